The van der Waals surface area contributed by atoms with Gasteiger partial charge in [-0.3, -0.25) is 4.79 Å². The Labute approximate surface area is 135 Å². The van der Waals surface area contributed by atoms with Crippen LogP contribution in [-0.2, 0) is 17.8 Å². The van der Waals surface area contributed by atoms with E-state index in [1.807, 2.05) is 10.3 Å². The van der Waals surface area contributed by atoms with Crippen molar-refractivity contribution in [1.82, 2.24) is 9.88 Å². The first-order valence-corrected chi connectivity index (χ1v) is 8.53. The summed E-state index contributed by atoms with van der Waals surface area (Å²) in [5.41, 5.74) is 2.59. The molecule has 0 saturated heterocycles. The zero-order chi connectivity index (χ0) is 15.4. The molecule has 4 heteroatoms. The largest absolute Gasteiger partial charge is 0.334 e. The third-order valence-corrected chi connectivity index (χ3v) is 4.81. The average molecular weight is 312 g/mol. The molecule has 1 aliphatic carbocycles. The van der Waals surface area contributed by atoms with Crippen molar-refractivity contribution < 1.29 is 4.79 Å². The minimum Gasteiger partial charge on any atom is -0.334 e. The molecule has 0 N–H and O–H groups in total. The highest BCUT2D eigenvalue weighted by Gasteiger charge is 2.23. The molecule has 2 aromatic rings. The van der Waals surface area contributed by atoms with Crippen molar-refractivity contribution in [3.05, 3.63) is 64.6 Å². The predicted octanol–water partition coefficient (Wildman–Crippen LogP) is 3.78. The SMILES string of the molecule is C=CC(=O)N(CCc1nccs1)Cc1ccc(C2CC2)cc1. The normalized spacial score (nSPS) is 13.8. The van der Waals surface area contributed by atoms with Gasteiger partial charge in [0, 0.05) is 31.1 Å². The van der Waals surface area contributed by atoms with E-state index in [0.717, 1.165) is 17.3 Å². The molecule has 1 aliphatic rings. The first kappa shape index (κ1) is 15.0. The Balaban J connectivity index is 1.63. The molecular formula is C18H20N2OS. The number of aromatic nitrogens is 1. The summed E-state index contributed by atoms with van der Waals surface area (Å²) in [5, 5.41) is 3.02. The molecule has 0 spiro atoms. The van der Waals surface area contributed by atoms with Crippen LogP contribution in [0.3, 0.4) is 0 Å². The third kappa shape index (κ3) is 3.83. The van der Waals surface area contributed by atoms with Crippen molar-refractivity contribution in [2.24, 2.45) is 0 Å². The quantitative estimate of drug-likeness (QED) is 0.729. The summed E-state index contributed by atoms with van der Waals surface area (Å²) in [4.78, 5) is 18.2. The van der Waals surface area contributed by atoms with E-state index in [2.05, 4.69) is 35.8 Å². The molecule has 0 bridgehead atoms. The summed E-state index contributed by atoms with van der Waals surface area (Å²) in [6.45, 7) is 4.91. The van der Waals surface area contributed by atoms with Gasteiger partial charge in [0.05, 0.1) is 5.01 Å². The minimum absolute atomic E-state index is 0.0252. The van der Waals surface area contributed by atoms with E-state index in [1.54, 1.807) is 17.5 Å². The predicted molar refractivity (Wildman–Crippen MR) is 89.8 cm³/mol. The molecule has 0 aliphatic heterocycles. The highest BCUT2D eigenvalue weighted by atomic mass is 32.1. The van der Waals surface area contributed by atoms with Crippen molar-refractivity contribution in [2.45, 2.75) is 31.7 Å². The molecule has 1 amide bonds. The number of hydrogen-bond donors (Lipinski definition) is 0. The van der Waals surface area contributed by atoms with Gasteiger partial charge in [-0.2, -0.15) is 0 Å². The molecular weight excluding hydrogens is 292 g/mol. The van der Waals surface area contributed by atoms with Gasteiger partial charge in [0.1, 0.15) is 0 Å². The van der Waals surface area contributed by atoms with Gasteiger partial charge in [0.15, 0.2) is 0 Å². The molecule has 1 heterocycles. The first-order chi connectivity index (χ1) is 10.8. The lowest BCUT2D eigenvalue weighted by Crippen LogP contribution is -2.30. The zero-order valence-corrected chi connectivity index (χ0v) is 13.4. The van der Waals surface area contributed by atoms with Crippen molar-refractivity contribution in [1.29, 1.82) is 0 Å². The van der Waals surface area contributed by atoms with Crippen molar-refractivity contribution in [2.75, 3.05) is 6.54 Å². The zero-order valence-electron chi connectivity index (χ0n) is 12.6. The van der Waals surface area contributed by atoms with E-state index in [4.69, 9.17) is 0 Å². The molecule has 3 nitrogen and oxygen atoms in total. The number of carbonyl (C=O) groups excluding carboxylic acids is 1. The van der Waals surface area contributed by atoms with Gasteiger partial charge >= 0.3 is 0 Å². The van der Waals surface area contributed by atoms with Gasteiger partial charge in [-0.25, -0.2) is 4.98 Å². The van der Waals surface area contributed by atoms with Gasteiger partial charge in [-0.15, -0.1) is 11.3 Å². The van der Waals surface area contributed by atoms with Crippen LogP contribution in [0, 0.1) is 0 Å². The Bertz CT molecular complexity index is 630. The molecule has 1 aromatic heterocycles. The molecule has 1 aromatic carbocycles. The van der Waals surface area contributed by atoms with Gasteiger partial charge in [-0.1, -0.05) is 30.8 Å². The van der Waals surface area contributed by atoms with Crippen LogP contribution < -0.4 is 0 Å². The van der Waals surface area contributed by atoms with Gasteiger partial charge < -0.3 is 4.90 Å². The smallest absolute Gasteiger partial charge is 0.246 e. The van der Waals surface area contributed by atoms with E-state index in [-0.39, 0.29) is 5.91 Å². The van der Waals surface area contributed by atoms with E-state index in [0.29, 0.717) is 13.1 Å². The summed E-state index contributed by atoms with van der Waals surface area (Å²) in [5.74, 6) is 0.743. The van der Waals surface area contributed by atoms with Gasteiger partial charge in [0.25, 0.3) is 0 Å². The molecule has 114 valence electrons. The van der Waals surface area contributed by atoms with Crippen LogP contribution in [-0.4, -0.2) is 22.3 Å². The summed E-state index contributed by atoms with van der Waals surface area (Å²) in [6.07, 6.45) is 6.61. The van der Waals surface area contributed by atoms with Crippen LogP contribution in [0.4, 0.5) is 0 Å². The number of benzene rings is 1. The highest BCUT2D eigenvalue weighted by Crippen LogP contribution is 2.39. The Morgan fingerprint density at radius 2 is 2.14 bits per heavy atom. The van der Waals surface area contributed by atoms with Crippen molar-refractivity contribution in [3.63, 3.8) is 0 Å². The maximum Gasteiger partial charge on any atom is 0.246 e. The fraction of sp³-hybridized carbons (Fsp3) is 0.333. The van der Waals surface area contributed by atoms with Crippen LogP contribution >= 0.6 is 11.3 Å². The lowest BCUT2D eigenvalue weighted by molar-refractivity contribution is -0.126. The fourth-order valence-electron chi connectivity index (χ4n) is 2.54. The van der Waals surface area contributed by atoms with E-state index in [9.17, 15) is 4.79 Å². The topological polar surface area (TPSA) is 33.2 Å². The number of carbonyl (C=O) groups is 1. The van der Waals surface area contributed by atoms with Crippen LogP contribution in [0.5, 0.6) is 0 Å². The molecule has 1 fully saturated rings. The molecule has 0 unspecified atom stereocenters. The second kappa shape index (κ2) is 6.88. The lowest BCUT2D eigenvalue weighted by atomic mass is 10.1. The Hall–Kier alpha value is -1.94. The average Bonchev–Trinajstić information content (AvgIpc) is 3.27. The summed E-state index contributed by atoms with van der Waals surface area (Å²) in [7, 11) is 0. The minimum atomic E-state index is -0.0252. The molecule has 22 heavy (non-hydrogen) atoms. The standard InChI is InChI=1S/C18H20N2OS/c1-2-18(21)20(11-9-17-19-10-12-22-17)13-14-3-5-15(6-4-14)16-7-8-16/h2-6,10,12,16H,1,7-9,11,13H2. The third-order valence-electron chi connectivity index (χ3n) is 3.97. The Kier molecular flexibility index (Phi) is 4.68. The second-order valence-corrected chi connectivity index (χ2v) is 6.63. The van der Waals surface area contributed by atoms with Crippen molar-refractivity contribution >= 4 is 17.2 Å². The fourth-order valence-corrected chi connectivity index (χ4v) is 3.15. The van der Waals surface area contributed by atoms with Crippen LogP contribution in [0.25, 0.3) is 0 Å². The van der Waals surface area contributed by atoms with Gasteiger partial charge in [-0.05, 0) is 36.0 Å². The van der Waals surface area contributed by atoms with Crippen molar-refractivity contribution in [3.8, 4) is 0 Å². The van der Waals surface area contributed by atoms with Gasteiger partial charge in [0.2, 0.25) is 5.91 Å². The van der Waals surface area contributed by atoms with Crippen LogP contribution in [0.15, 0.2) is 48.5 Å². The number of rotatable bonds is 7. The maximum atomic E-state index is 12.1. The number of thiazole rings is 1. The van der Waals surface area contributed by atoms with Crippen LogP contribution in [0.2, 0.25) is 0 Å². The summed E-state index contributed by atoms with van der Waals surface area (Å²) < 4.78 is 0. The highest BCUT2D eigenvalue weighted by molar-refractivity contribution is 7.09. The maximum absolute atomic E-state index is 12.1. The van der Waals surface area contributed by atoms with E-state index < -0.39 is 0 Å². The number of hydrogen-bond acceptors (Lipinski definition) is 3. The summed E-state index contributed by atoms with van der Waals surface area (Å²) in [6, 6.07) is 8.68. The van der Waals surface area contributed by atoms with E-state index in [1.165, 1.54) is 30.0 Å². The Morgan fingerprint density at radius 3 is 2.73 bits per heavy atom. The monoisotopic (exact) mass is 312 g/mol. The number of nitrogens with zero attached hydrogens (tertiary/aromatic N) is 2. The molecule has 3 rings (SSSR count). The lowest BCUT2D eigenvalue weighted by Gasteiger charge is -2.21. The molecule has 0 atom stereocenters. The number of amides is 1. The van der Waals surface area contributed by atoms with E-state index >= 15 is 0 Å². The molecule has 1 saturated carbocycles. The summed E-state index contributed by atoms with van der Waals surface area (Å²) >= 11 is 1.63. The van der Waals surface area contributed by atoms with Crippen LogP contribution in [0.1, 0.15) is 34.9 Å². The second-order valence-electron chi connectivity index (χ2n) is 5.66. The first-order valence-electron chi connectivity index (χ1n) is 7.65. The Morgan fingerprint density at radius 1 is 1.36 bits per heavy atom. The molecule has 0 radical (unpaired) electrons.